The van der Waals surface area contributed by atoms with Crippen molar-refractivity contribution in [3.8, 4) is 0 Å². The number of rotatable bonds is 5. The van der Waals surface area contributed by atoms with Crippen molar-refractivity contribution in [1.29, 1.82) is 0 Å². The minimum atomic E-state index is -0.230. The van der Waals surface area contributed by atoms with Crippen molar-refractivity contribution in [1.82, 2.24) is 10.3 Å². The molecule has 0 bridgehead atoms. The molecule has 4 heteroatoms. The van der Waals surface area contributed by atoms with Crippen LogP contribution in [0.2, 0.25) is 0 Å². The summed E-state index contributed by atoms with van der Waals surface area (Å²) in [5.41, 5.74) is 2.28. The molecule has 1 atom stereocenters. The molecule has 2 aromatic rings. The van der Waals surface area contributed by atoms with Gasteiger partial charge in [0.1, 0.15) is 5.82 Å². The molecule has 0 fully saturated rings. The maximum atomic E-state index is 13.2. The van der Waals surface area contributed by atoms with Crippen LogP contribution in [0.1, 0.15) is 24.1 Å². The number of pyridine rings is 1. The average Bonchev–Trinajstić information content (AvgIpc) is 2.43. The Balaban J connectivity index is 1.87. The number of hydrogen-bond acceptors (Lipinski definition) is 2. The van der Waals surface area contributed by atoms with Crippen molar-refractivity contribution in [3.05, 3.63) is 64.1 Å². The van der Waals surface area contributed by atoms with E-state index in [4.69, 9.17) is 0 Å². The molecule has 1 aromatic carbocycles. The van der Waals surface area contributed by atoms with Gasteiger partial charge < -0.3 is 5.32 Å². The Bertz CT molecular complexity index is 531. The molecular formula is C15H16BrFN2. The Hall–Kier alpha value is -1.26. The molecule has 1 aromatic heterocycles. The summed E-state index contributed by atoms with van der Waals surface area (Å²) < 4.78 is 13.7. The van der Waals surface area contributed by atoms with Gasteiger partial charge in [0.2, 0.25) is 0 Å². The van der Waals surface area contributed by atoms with Crippen molar-refractivity contribution < 1.29 is 4.39 Å². The summed E-state index contributed by atoms with van der Waals surface area (Å²) in [5.74, 6) is -0.230. The lowest BCUT2D eigenvalue weighted by Crippen LogP contribution is -2.21. The summed E-state index contributed by atoms with van der Waals surface area (Å²) in [6.07, 6.45) is 4.58. The van der Waals surface area contributed by atoms with E-state index in [2.05, 4.69) is 39.2 Å². The van der Waals surface area contributed by atoms with Gasteiger partial charge in [0.15, 0.2) is 0 Å². The first-order valence-electron chi connectivity index (χ1n) is 6.24. The molecule has 2 nitrogen and oxygen atoms in total. The van der Waals surface area contributed by atoms with Crippen LogP contribution in [-0.2, 0) is 6.42 Å². The molecule has 0 saturated heterocycles. The molecule has 0 radical (unpaired) electrons. The summed E-state index contributed by atoms with van der Waals surface area (Å²) in [4.78, 5) is 4.09. The molecule has 100 valence electrons. The summed E-state index contributed by atoms with van der Waals surface area (Å²) in [6.45, 7) is 2.94. The van der Waals surface area contributed by atoms with Crippen LogP contribution in [0, 0.1) is 5.82 Å². The summed E-state index contributed by atoms with van der Waals surface area (Å²) in [5, 5.41) is 3.42. The van der Waals surface area contributed by atoms with Crippen LogP contribution in [0.4, 0.5) is 4.39 Å². The van der Waals surface area contributed by atoms with Crippen LogP contribution in [0.5, 0.6) is 0 Å². The quantitative estimate of drug-likeness (QED) is 0.903. The molecule has 0 amide bonds. The third-order valence-electron chi connectivity index (χ3n) is 3.03. The van der Waals surface area contributed by atoms with Crippen molar-refractivity contribution in [2.75, 3.05) is 6.54 Å². The first kappa shape index (κ1) is 14.2. The van der Waals surface area contributed by atoms with Crippen LogP contribution in [0.25, 0.3) is 0 Å². The number of hydrogen-bond donors (Lipinski definition) is 1. The first-order valence-corrected chi connectivity index (χ1v) is 7.03. The first-order chi connectivity index (χ1) is 9.16. The molecule has 19 heavy (non-hydrogen) atoms. The Kier molecular flexibility index (Phi) is 5.05. The van der Waals surface area contributed by atoms with Crippen LogP contribution in [0.15, 0.2) is 47.2 Å². The zero-order chi connectivity index (χ0) is 13.7. The van der Waals surface area contributed by atoms with Crippen LogP contribution < -0.4 is 5.32 Å². The Morgan fingerprint density at radius 1 is 1.37 bits per heavy atom. The van der Waals surface area contributed by atoms with E-state index >= 15 is 0 Å². The molecule has 0 aliphatic rings. The van der Waals surface area contributed by atoms with Crippen LogP contribution >= 0.6 is 15.9 Å². The molecule has 0 saturated carbocycles. The van der Waals surface area contributed by atoms with Gasteiger partial charge in [0.05, 0.1) is 4.47 Å². The molecule has 0 spiro atoms. The Morgan fingerprint density at radius 2 is 2.21 bits per heavy atom. The second kappa shape index (κ2) is 6.78. The van der Waals surface area contributed by atoms with Crippen molar-refractivity contribution in [2.24, 2.45) is 0 Å². The maximum absolute atomic E-state index is 13.2. The van der Waals surface area contributed by atoms with E-state index in [1.807, 2.05) is 24.4 Å². The van der Waals surface area contributed by atoms with Gasteiger partial charge in [0, 0.05) is 18.4 Å². The predicted molar refractivity (Wildman–Crippen MR) is 78.5 cm³/mol. The fraction of sp³-hybridized carbons (Fsp3) is 0.267. The maximum Gasteiger partial charge on any atom is 0.137 e. The predicted octanol–water partition coefficient (Wildman–Crippen LogP) is 3.88. The zero-order valence-corrected chi connectivity index (χ0v) is 12.3. The Morgan fingerprint density at radius 3 is 2.89 bits per heavy atom. The third-order valence-corrected chi connectivity index (χ3v) is 3.64. The molecule has 0 aliphatic heterocycles. The highest BCUT2D eigenvalue weighted by molar-refractivity contribution is 9.10. The molecular weight excluding hydrogens is 307 g/mol. The number of benzene rings is 1. The van der Waals surface area contributed by atoms with E-state index in [9.17, 15) is 4.39 Å². The lowest BCUT2D eigenvalue weighted by Gasteiger charge is -2.14. The van der Waals surface area contributed by atoms with E-state index in [-0.39, 0.29) is 11.9 Å². The fourth-order valence-electron chi connectivity index (χ4n) is 1.88. The fourth-order valence-corrected chi connectivity index (χ4v) is 2.28. The summed E-state index contributed by atoms with van der Waals surface area (Å²) in [6, 6.07) is 9.30. The third kappa shape index (κ3) is 4.11. The van der Waals surface area contributed by atoms with Gasteiger partial charge in [-0.1, -0.05) is 12.1 Å². The van der Waals surface area contributed by atoms with E-state index in [1.165, 1.54) is 11.6 Å². The van der Waals surface area contributed by atoms with E-state index in [0.717, 1.165) is 18.5 Å². The molecule has 1 unspecified atom stereocenters. The molecule has 1 heterocycles. The van der Waals surface area contributed by atoms with E-state index in [0.29, 0.717) is 4.47 Å². The average molecular weight is 323 g/mol. The molecule has 0 aliphatic carbocycles. The largest absolute Gasteiger partial charge is 0.310 e. The topological polar surface area (TPSA) is 24.9 Å². The Labute approximate surface area is 121 Å². The van der Waals surface area contributed by atoms with Crippen LogP contribution in [-0.4, -0.2) is 11.5 Å². The van der Waals surface area contributed by atoms with Gasteiger partial charge in [-0.3, -0.25) is 4.98 Å². The monoisotopic (exact) mass is 322 g/mol. The van der Waals surface area contributed by atoms with Gasteiger partial charge in [-0.05, 0) is 65.1 Å². The molecule has 2 rings (SSSR count). The number of halogens is 2. The molecule has 1 N–H and O–H groups in total. The number of nitrogens with one attached hydrogen (secondary N) is 1. The van der Waals surface area contributed by atoms with Crippen molar-refractivity contribution in [2.45, 2.75) is 19.4 Å². The van der Waals surface area contributed by atoms with Crippen molar-refractivity contribution in [3.63, 3.8) is 0 Å². The second-order valence-corrected chi connectivity index (χ2v) is 5.31. The van der Waals surface area contributed by atoms with Gasteiger partial charge in [-0.2, -0.15) is 0 Å². The van der Waals surface area contributed by atoms with Gasteiger partial charge in [-0.15, -0.1) is 0 Å². The minimum absolute atomic E-state index is 0.188. The van der Waals surface area contributed by atoms with Gasteiger partial charge in [-0.25, -0.2) is 4.39 Å². The lowest BCUT2D eigenvalue weighted by atomic mass is 10.1. The number of nitrogens with zero attached hydrogens (tertiary/aromatic N) is 1. The standard InChI is InChI=1S/C15H16BrFN2/c1-11(13-4-5-15(17)14(16)9-13)19-8-6-12-3-2-7-18-10-12/h2-5,7,9-11,19H,6,8H2,1H3. The summed E-state index contributed by atoms with van der Waals surface area (Å²) >= 11 is 3.21. The van der Waals surface area contributed by atoms with Crippen LogP contribution in [0.3, 0.4) is 0 Å². The van der Waals surface area contributed by atoms with Gasteiger partial charge in [0.25, 0.3) is 0 Å². The highest BCUT2D eigenvalue weighted by atomic mass is 79.9. The van der Waals surface area contributed by atoms with E-state index < -0.39 is 0 Å². The highest BCUT2D eigenvalue weighted by Gasteiger charge is 2.07. The smallest absolute Gasteiger partial charge is 0.137 e. The lowest BCUT2D eigenvalue weighted by molar-refractivity contribution is 0.571. The summed E-state index contributed by atoms with van der Waals surface area (Å²) in [7, 11) is 0. The minimum Gasteiger partial charge on any atom is -0.310 e. The SMILES string of the molecule is CC(NCCc1cccnc1)c1ccc(F)c(Br)c1. The number of aromatic nitrogens is 1. The highest BCUT2D eigenvalue weighted by Crippen LogP contribution is 2.21. The second-order valence-electron chi connectivity index (χ2n) is 4.46. The van der Waals surface area contributed by atoms with E-state index in [1.54, 1.807) is 6.20 Å². The normalized spacial score (nSPS) is 12.4. The van der Waals surface area contributed by atoms with Crippen molar-refractivity contribution >= 4 is 15.9 Å². The van der Waals surface area contributed by atoms with Gasteiger partial charge >= 0.3 is 0 Å². The zero-order valence-electron chi connectivity index (χ0n) is 10.7.